The van der Waals surface area contributed by atoms with Crippen LogP contribution in [0.15, 0.2) is 36.0 Å². The number of hydrogen-bond donors (Lipinski definition) is 1. The molecule has 0 spiro atoms. The Balaban J connectivity index is 3.00. The maximum absolute atomic E-state index is 12.2. The van der Waals surface area contributed by atoms with Gasteiger partial charge in [-0.15, -0.1) is 18.3 Å². The molecule has 18 heavy (non-hydrogen) atoms. The highest BCUT2D eigenvalue weighted by Gasteiger charge is 2.20. The first kappa shape index (κ1) is 14.2. The maximum Gasteiger partial charge on any atom is 0.323 e. The van der Waals surface area contributed by atoms with Gasteiger partial charge in [-0.1, -0.05) is 6.08 Å². The summed E-state index contributed by atoms with van der Waals surface area (Å²) in [6.07, 6.45) is 4.90. The quantitative estimate of drug-likeness (QED) is 0.624. The predicted molar refractivity (Wildman–Crippen MR) is 69.8 cm³/mol. The Morgan fingerprint density at radius 3 is 2.89 bits per heavy atom. The second-order valence-corrected chi connectivity index (χ2v) is 4.22. The average molecular weight is 266 g/mol. The van der Waals surface area contributed by atoms with Crippen molar-refractivity contribution in [3.05, 3.63) is 36.5 Å². The van der Waals surface area contributed by atoms with Gasteiger partial charge in [0.15, 0.2) is 0 Å². The van der Waals surface area contributed by atoms with Crippen LogP contribution in [0.3, 0.4) is 0 Å². The molecule has 5 nitrogen and oxygen atoms in total. The van der Waals surface area contributed by atoms with E-state index in [0.29, 0.717) is 10.6 Å². The van der Waals surface area contributed by atoms with Crippen LogP contribution in [0.4, 0.5) is 0 Å². The van der Waals surface area contributed by atoms with Gasteiger partial charge in [0.25, 0.3) is 5.91 Å². The Morgan fingerprint density at radius 1 is 1.61 bits per heavy atom. The fourth-order valence-corrected chi connectivity index (χ4v) is 1.97. The third kappa shape index (κ3) is 3.59. The number of pyridine rings is 1. The van der Waals surface area contributed by atoms with Crippen LogP contribution in [0.2, 0.25) is 0 Å². The summed E-state index contributed by atoms with van der Waals surface area (Å²) in [5, 5.41) is 9.37. The third-order valence-corrected chi connectivity index (χ3v) is 2.87. The van der Waals surface area contributed by atoms with Gasteiger partial charge < -0.3 is 10.0 Å². The van der Waals surface area contributed by atoms with Crippen LogP contribution in [0.25, 0.3) is 0 Å². The van der Waals surface area contributed by atoms with E-state index in [2.05, 4.69) is 11.6 Å². The van der Waals surface area contributed by atoms with Crippen LogP contribution in [0.1, 0.15) is 10.4 Å². The number of carboxylic acid groups (broad SMARTS) is 1. The van der Waals surface area contributed by atoms with E-state index >= 15 is 0 Å². The highest BCUT2D eigenvalue weighted by molar-refractivity contribution is 7.98. The summed E-state index contributed by atoms with van der Waals surface area (Å²) in [6.45, 7) is 3.35. The molecule has 0 fully saturated rings. The molecule has 1 rings (SSSR count). The van der Waals surface area contributed by atoms with E-state index < -0.39 is 5.97 Å². The number of aliphatic carboxylic acids is 1. The molecule has 6 heteroatoms. The lowest BCUT2D eigenvalue weighted by molar-refractivity contribution is -0.137. The number of amides is 1. The zero-order valence-corrected chi connectivity index (χ0v) is 10.8. The molecule has 96 valence electrons. The van der Waals surface area contributed by atoms with Gasteiger partial charge in [-0.05, 0) is 18.4 Å². The molecule has 0 saturated carbocycles. The van der Waals surface area contributed by atoms with Gasteiger partial charge in [0.05, 0.1) is 5.56 Å². The highest BCUT2D eigenvalue weighted by Crippen LogP contribution is 2.18. The first-order valence-electron chi connectivity index (χ1n) is 5.21. The molecule has 0 unspecified atom stereocenters. The lowest BCUT2D eigenvalue weighted by atomic mass is 10.2. The maximum atomic E-state index is 12.2. The second kappa shape index (κ2) is 6.80. The molecule has 1 heterocycles. The van der Waals surface area contributed by atoms with Gasteiger partial charge in [0.2, 0.25) is 0 Å². The van der Waals surface area contributed by atoms with E-state index in [1.165, 1.54) is 22.7 Å². The Bertz CT molecular complexity index is 462. The number of carbonyl (C=O) groups excluding carboxylic acids is 1. The third-order valence-electron chi connectivity index (χ3n) is 2.16. The van der Waals surface area contributed by atoms with E-state index in [1.807, 2.05) is 6.26 Å². The first-order valence-corrected chi connectivity index (χ1v) is 6.43. The minimum atomic E-state index is -1.06. The van der Waals surface area contributed by atoms with Crippen molar-refractivity contribution in [1.82, 2.24) is 9.88 Å². The SMILES string of the molecule is C=CCN(CC(=O)O)C(=O)c1cccnc1SC. The van der Waals surface area contributed by atoms with Gasteiger partial charge in [0, 0.05) is 12.7 Å². The Labute approximate surface area is 110 Å². The van der Waals surface area contributed by atoms with Gasteiger partial charge >= 0.3 is 5.97 Å². The fourth-order valence-electron chi connectivity index (χ4n) is 1.42. The van der Waals surface area contributed by atoms with E-state index in [4.69, 9.17) is 5.11 Å². The second-order valence-electron chi connectivity index (χ2n) is 3.43. The molecule has 0 atom stereocenters. The average Bonchev–Trinajstić information content (AvgIpc) is 2.37. The Morgan fingerprint density at radius 2 is 2.33 bits per heavy atom. The van der Waals surface area contributed by atoms with Crippen LogP contribution in [-0.2, 0) is 4.79 Å². The Kier molecular flexibility index (Phi) is 5.38. The predicted octanol–water partition coefficient (Wildman–Crippen LogP) is 1.52. The van der Waals surface area contributed by atoms with E-state index in [1.54, 1.807) is 18.3 Å². The molecule has 0 aliphatic rings. The largest absolute Gasteiger partial charge is 0.480 e. The summed E-state index contributed by atoms with van der Waals surface area (Å²) in [4.78, 5) is 28.2. The van der Waals surface area contributed by atoms with Gasteiger partial charge in [-0.25, -0.2) is 4.98 Å². The van der Waals surface area contributed by atoms with Crippen molar-refractivity contribution >= 4 is 23.6 Å². The number of carbonyl (C=O) groups is 2. The summed E-state index contributed by atoms with van der Waals surface area (Å²) in [5.41, 5.74) is 0.410. The van der Waals surface area contributed by atoms with E-state index in [9.17, 15) is 9.59 Å². The number of aromatic nitrogens is 1. The van der Waals surface area contributed by atoms with Gasteiger partial charge in [-0.2, -0.15) is 0 Å². The molecule has 0 aromatic carbocycles. The van der Waals surface area contributed by atoms with Crippen molar-refractivity contribution < 1.29 is 14.7 Å². The lowest BCUT2D eigenvalue weighted by Crippen LogP contribution is -2.36. The van der Waals surface area contributed by atoms with Crippen LogP contribution >= 0.6 is 11.8 Å². The summed E-state index contributed by atoms with van der Waals surface area (Å²) in [5.74, 6) is -1.41. The monoisotopic (exact) mass is 266 g/mol. The minimum absolute atomic E-state index is 0.188. The summed E-state index contributed by atoms with van der Waals surface area (Å²) >= 11 is 1.35. The number of rotatable bonds is 6. The summed E-state index contributed by atoms with van der Waals surface area (Å²) in [7, 11) is 0. The van der Waals surface area contributed by atoms with Crippen LogP contribution in [0, 0.1) is 0 Å². The van der Waals surface area contributed by atoms with Crippen molar-refractivity contribution in [1.29, 1.82) is 0 Å². The molecule has 0 saturated heterocycles. The lowest BCUT2D eigenvalue weighted by Gasteiger charge is -2.19. The molecule has 0 radical (unpaired) electrons. The molecule has 0 bridgehead atoms. The van der Waals surface area contributed by atoms with Crippen molar-refractivity contribution in [3.63, 3.8) is 0 Å². The fraction of sp³-hybridized carbons (Fsp3) is 0.250. The van der Waals surface area contributed by atoms with Gasteiger partial charge in [0.1, 0.15) is 11.6 Å². The van der Waals surface area contributed by atoms with Crippen LogP contribution in [-0.4, -0.2) is 46.2 Å². The molecule has 1 aromatic heterocycles. The molecular weight excluding hydrogens is 252 g/mol. The molecule has 1 aromatic rings. The topological polar surface area (TPSA) is 70.5 Å². The number of hydrogen-bond acceptors (Lipinski definition) is 4. The highest BCUT2D eigenvalue weighted by atomic mass is 32.2. The number of carboxylic acids is 1. The summed E-state index contributed by atoms with van der Waals surface area (Å²) in [6, 6.07) is 3.29. The van der Waals surface area contributed by atoms with Crippen molar-refractivity contribution in [2.24, 2.45) is 0 Å². The zero-order valence-electron chi connectivity index (χ0n) is 10.00. The smallest absolute Gasteiger partial charge is 0.323 e. The first-order chi connectivity index (χ1) is 8.60. The number of nitrogens with zero attached hydrogens (tertiary/aromatic N) is 2. The molecular formula is C12H14N2O3S. The summed E-state index contributed by atoms with van der Waals surface area (Å²) < 4.78 is 0. The standard InChI is InChI=1S/C12H14N2O3S/c1-3-7-14(8-10(15)16)12(17)9-5-4-6-13-11(9)18-2/h3-6H,1,7-8H2,2H3,(H,15,16). The van der Waals surface area contributed by atoms with E-state index in [0.717, 1.165) is 0 Å². The Hall–Kier alpha value is -1.82. The van der Waals surface area contributed by atoms with E-state index in [-0.39, 0.29) is 19.0 Å². The molecule has 1 amide bonds. The van der Waals surface area contributed by atoms with Crippen LogP contribution < -0.4 is 0 Å². The molecule has 0 aliphatic heterocycles. The molecule has 1 N–H and O–H groups in total. The van der Waals surface area contributed by atoms with Crippen LogP contribution in [0.5, 0.6) is 0 Å². The molecule has 0 aliphatic carbocycles. The minimum Gasteiger partial charge on any atom is -0.480 e. The van der Waals surface area contributed by atoms with Gasteiger partial charge in [-0.3, -0.25) is 9.59 Å². The zero-order chi connectivity index (χ0) is 13.5. The normalized spacial score (nSPS) is 9.83. The van der Waals surface area contributed by atoms with Crippen molar-refractivity contribution in [2.75, 3.05) is 19.3 Å². The number of thioether (sulfide) groups is 1. The van der Waals surface area contributed by atoms with Crippen molar-refractivity contribution in [2.45, 2.75) is 5.03 Å². The van der Waals surface area contributed by atoms with Crippen molar-refractivity contribution in [3.8, 4) is 0 Å².